The fourth-order valence-electron chi connectivity index (χ4n) is 1.73. The van der Waals surface area contributed by atoms with Crippen LogP contribution in [0.25, 0.3) is 0 Å². The lowest BCUT2D eigenvalue weighted by molar-refractivity contribution is -0.274. The average molecular weight is 434 g/mol. The van der Waals surface area contributed by atoms with Crippen LogP contribution in [0, 0.1) is 0 Å². The second-order valence-electron chi connectivity index (χ2n) is 4.59. The minimum absolute atomic E-state index is 0.0601. The zero-order chi connectivity index (χ0) is 18.4. The van der Waals surface area contributed by atoms with Gasteiger partial charge < -0.3 is 10.1 Å². The Morgan fingerprint density at radius 3 is 2.28 bits per heavy atom. The molecule has 0 aliphatic carbocycles. The van der Waals surface area contributed by atoms with Gasteiger partial charge in [0.25, 0.3) is 5.91 Å². The number of nitrogens with one attached hydrogen (secondary N) is 3. The topological polar surface area (TPSA) is 62.4 Å². The maximum Gasteiger partial charge on any atom is 0.573 e. The van der Waals surface area contributed by atoms with Crippen LogP contribution in [0.15, 0.2) is 53.0 Å². The molecule has 0 aliphatic rings. The number of carbonyl (C=O) groups excluding carboxylic acids is 1. The van der Waals surface area contributed by atoms with Crippen molar-refractivity contribution in [1.82, 2.24) is 10.9 Å². The lowest BCUT2D eigenvalue weighted by Gasteiger charge is -2.13. The van der Waals surface area contributed by atoms with E-state index in [1.54, 1.807) is 24.3 Å². The summed E-state index contributed by atoms with van der Waals surface area (Å²) in [6.45, 7) is 0. The van der Waals surface area contributed by atoms with Crippen molar-refractivity contribution in [2.24, 2.45) is 0 Å². The minimum atomic E-state index is -4.75. The second-order valence-corrected chi connectivity index (χ2v) is 5.85. The average Bonchev–Trinajstić information content (AvgIpc) is 2.53. The molecule has 0 saturated carbocycles. The summed E-state index contributed by atoms with van der Waals surface area (Å²) in [5.74, 6) is -0.760. The van der Waals surface area contributed by atoms with Crippen molar-refractivity contribution >= 4 is 44.9 Å². The molecule has 0 heterocycles. The van der Waals surface area contributed by atoms with E-state index < -0.39 is 12.3 Å². The number of thiocarbonyl (C=S) groups is 1. The molecule has 25 heavy (non-hydrogen) atoms. The number of hydrogen-bond donors (Lipinski definition) is 3. The fourth-order valence-corrected chi connectivity index (χ4v) is 2.36. The third kappa shape index (κ3) is 6.24. The molecule has 0 bridgehead atoms. The smallest absolute Gasteiger partial charge is 0.406 e. The maximum absolute atomic E-state index is 12.1. The number of halogens is 4. The van der Waals surface area contributed by atoms with Gasteiger partial charge in [0.15, 0.2) is 5.11 Å². The quantitative estimate of drug-likeness (QED) is 0.504. The van der Waals surface area contributed by atoms with E-state index in [9.17, 15) is 18.0 Å². The van der Waals surface area contributed by atoms with Gasteiger partial charge in [0.1, 0.15) is 5.75 Å². The van der Waals surface area contributed by atoms with Gasteiger partial charge in [0.2, 0.25) is 0 Å². The SMILES string of the molecule is O=C(NNC(=S)Nc1ccc(OC(F)(F)F)cc1)c1ccccc1Br. The van der Waals surface area contributed by atoms with Crippen LogP contribution in [0.1, 0.15) is 10.4 Å². The summed E-state index contributed by atoms with van der Waals surface area (Å²) in [5.41, 5.74) is 5.73. The number of alkyl halides is 3. The first-order valence-corrected chi connectivity index (χ1v) is 7.92. The highest BCUT2D eigenvalue weighted by molar-refractivity contribution is 9.10. The Hall–Kier alpha value is -2.33. The summed E-state index contributed by atoms with van der Waals surface area (Å²) >= 11 is 8.25. The van der Waals surface area contributed by atoms with Gasteiger partial charge in [0.05, 0.1) is 5.56 Å². The third-order valence-corrected chi connectivity index (χ3v) is 3.65. The van der Waals surface area contributed by atoms with E-state index in [-0.39, 0.29) is 10.9 Å². The summed E-state index contributed by atoms with van der Waals surface area (Å²) < 4.78 is 40.6. The maximum atomic E-state index is 12.1. The fraction of sp³-hybridized carbons (Fsp3) is 0.0667. The predicted molar refractivity (Wildman–Crippen MR) is 94.1 cm³/mol. The lowest BCUT2D eigenvalue weighted by atomic mass is 10.2. The van der Waals surface area contributed by atoms with Gasteiger partial charge in [-0.2, -0.15) is 0 Å². The molecular weight excluding hydrogens is 423 g/mol. The summed E-state index contributed by atoms with van der Waals surface area (Å²) in [6, 6.07) is 11.8. The summed E-state index contributed by atoms with van der Waals surface area (Å²) in [7, 11) is 0. The molecule has 132 valence electrons. The zero-order valence-corrected chi connectivity index (χ0v) is 14.8. The van der Waals surface area contributed by atoms with Crippen LogP contribution in [0.2, 0.25) is 0 Å². The number of anilines is 1. The van der Waals surface area contributed by atoms with Crippen LogP contribution in [0.4, 0.5) is 18.9 Å². The van der Waals surface area contributed by atoms with Crippen LogP contribution < -0.4 is 20.9 Å². The summed E-state index contributed by atoms with van der Waals surface area (Å²) in [5, 5.41) is 2.77. The van der Waals surface area contributed by atoms with Gasteiger partial charge in [-0.15, -0.1) is 13.2 Å². The Labute approximate surface area is 154 Å². The Morgan fingerprint density at radius 1 is 1.04 bits per heavy atom. The number of hydrazine groups is 1. The van der Waals surface area contributed by atoms with Crippen LogP contribution >= 0.6 is 28.1 Å². The van der Waals surface area contributed by atoms with Gasteiger partial charge in [-0.05, 0) is 64.5 Å². The normalized spacial score (nSPS) is 10.7. The molecule has 3 N–H and O–H groups in total. The third-order valence-electron chi connectivity index (χ3n) is 2.75. The zero-order valence-electron chi connectivity index (χ0n) is 12.4. The highest BCUT2D eigenvalue weighted by atomic mass is 79.9. The van der Waals surface area contributed by atoms with Crippen molar-refractivity contribution in [3.63, 3.8) is 0 Å². The number of amides is 1. The number of hydrogen-bond acceptors (Lipinski definition) is 3. The van der Waals surface area contributed by atoms with Crippen molar-refractivity contribution in [2.45, 2.75) is 6.36 Å². The van der Waals surface area contributed by atoms with Gasteiger partial charge in [-0.3, -0.25) is 15.6 Å². The van der Waals surface area contributed by atoms with Crippen LogP contribution in [-0.4, -0.2) is 17.4 Å². The Balaban J connectivity index is 1.86. The van der Waals surface area contributed by atoms with Crippen molar-refractivity contribution in [1.29, 1.82) is 0 Å². The van der Waals surface area contributed by atoms with E-state index in [1.165, 1.54) is 12.1 Å². The molecule has 0 radical (unpaired) electrons. The van der Waals surface area contributed by atoms with Gasteiger partial charge in [-0.1, -0.05) is 12.1 Å². The molecule has 0 aliphatic heterocycles. The van der Waals surface area contributed by atoms with Gasteiger partial charge >= 0.3 is 6.36 Å². The lowest BCUT2D eigenvalue weighted by Crippen LogP contribution is -2.43. The molecule has 0 aromatic heterocycles. The molecule has 2 aromatic rings. The van der Waals surface area contributed by atoms with E-state index in [0.29, 0.717) is 15.7 Å². The second kappa shape index (κ2) is 8.17. The molecule has 2 aromatic carbocycles. The van der Waals surface area contributed by atoms with Gasteiger partial charge in [-0.25, -0.2) is 0 Å². The molecule has 10 heteroatoms. The molecule has 0 unspecified atom stereocenters. The highest BCUT2D eigenvalue weighted by Gasteiger charge is 2.30. The Morgan fingerprint density at radius 2 is 1.68 bits per heavy atom. The molecule has 2 rings (SSSR count). The van der Waals surface area contributed by atoms with Crippen LogP contribution in [0.5, 0.6) is 5.75 Å². The first-order chi connectivity index (χ1) is 11.7. The Bertz CT molecular complexity index is 769. The number of rotatable bonds is 3. The molecule has 5 nitrogen and oxygen atoms in total. The van der Waals surface area contributed by atoms with E-state index in [1.807, 2.05) is 0 Å². The predicted octanol–water partition coefficient (Wildman–Crippen LogP) is 3.98. The summed E-state index contributed by atoms with van der Waals surface area (Å²) in [6.07, 6.45) is -4.75. The first-order valence-electron chi connectivity index (χ1n) is 6.72. The number of ether oxygens (including phenoxy) is 1. The van der Waals surface area contributed by atoms with Crippen LogP contribution in [0.3, 0.4) is 0 Å². The summed E-state index contributed by atoms with van der Waals surface area (Å²) in [4.78, 5) is 12.0. The van der Waals surface area contributed by atoms with Gasteiger partial charge in [0, 0.05) is 10.2 Å². The molecule has 0 atom stereocenters. The molecule has 0 fully saturated rings. The van der Waals surface area contributed by atoms with Crippen LogP contribution in [-0.2, 0) is 0 Å². The molecule has 0 spiro atoms. The van der Waals surface area contributed by atoms with Crippen molar-refractivity contribution in [3.05, 3.63) is 58.6 Å². The molecule has 0 saturated heterocycles. The monoisotopic (exact) mass is 433 g/mol. The molecule has 1 amide bonds. The molecular formula is C15H11BrF3N3O2S. The highest BCUT2D eigenvalue weighted by Crippen LogP contribution is 2.23. The number of carbonyl (C=O) groups is 1. The standard InChI is InChI=1S/C15H11BrF3N3O2S/c16-12-4-2-1-3-11(12)13(23)21-22-14(25)20-9-5-7-10(8-6-9)24-15(17,18)19/h1-8H,(H,21,23)(H2,20,22,25). The Kier molecular flexibility index (Phi) is 6.21. The van der Waals surface area contributed by atoms with E-state index in [4.69, 9.17) is 12.2 Å². The van der Waals surface area contributed by atoms with E-state index in [2.05, 4.69) is 36.8 Å². The largest absolute Gasteiger partial charge is 0.573 e. The number of benzene rings is 2. The van der Waals surface area contributed by atoms with Crippen molar-refractivity contribution in [3.8, 4) is 5.75 Å². The van der Waals surface area contributed by atoms with E-state index in [0.717, 1.165) is 12.1 Å². The van der Waals surface area contributed by atoms with Crippen molar-refractivity contribution in [2.75, 3.05) is 5.32 Å². The first kappa shape index (κ1) is 19.0. The van der Waals surface area contributed by atoms with E-state index >= 15 is 0 Å². The van der Waals surface area contributed by atoms with Crippen molar-refractivity contribution < 1.29 is 22.7 Å². The minimum Gasteiger partial charge on any atom is -0.406 e.